The van der Waals surface area contributed by atoms with Crippen LogP contribution in [0.5, 0.6) is 0 Å². The molecule has 1 amide bonds. The molecule has 1 saturated carbocycles. The number of nitrogens with one attached hydrogen (secondary N) is 2. The second-order valence-electron chi connectivity index (χ2n) is 11.8. The van der Waals surface area contributed by atoms with Crippen LogP contribution in [0.2, 0.25) is 0 Å². The molecule has 2 N–H and O–H groups in total. The van der Waals surface area contributed by atoms with Gasteiger partial charge in [-0.25, -0.2) is 4.98 Å². The van der Waals surface area contributed by atoms with Crippen LogP contribution in [0, 0.1) is 5.92 Å². The van der Waals surface area contributed by atoms with E-state index in [4.69, 9.17) is 9.97 Å². The molecule has 216 valence electrons. The highest BCUT2D eigenvalue weighted by Gasteiger charge is 2.22. The van der Waals surface area contributed by atoms with Crippen molar-refractivity contribution in [2.75, 3.05) is 30.9 Å². The predicted molar refractivity (Wildman–Crippen MR) is 168 cm³/mol. The zero-order chi connectivity index (χ0) is 28.0. The zero-order valence-electron chi connectivity index (χ0n) is 24.7. The highest BCUT2D eigenvalue weighted by Crippen LogP contribution is 2.28. The Morgan fingerprint density at radius 2 is 1.45 bits per heavy atom. The van der Waals surface area contributed by atoms with Crippen LogP contribution in [-0.2, 0) is 11.2 Å². The predicted octanol–water partition coefficient (Wildman–Crippen LogP) is 7.54. The summed E-state index contributed by atoms with van der Waals surface area (Å²) in [5.74, 6) is 2.45. The third kappa shape index (κ3) is 9.79. The lowest BCUT2D eigenvalue weighted by atomic mass is 9.86. The van der Waals surface area contributed by atoms with Gasteiger partial charge in [0.05, 0.1) is 5.52 Å². The molecule has 0 aliphatic heterocycles. The van der Waals surface area contributed by atoms with Gasteiger partial charge in [-0.15, -0.1) is 0 Å². The maximum atomic E-state index is 12.4. The lowest BCUT2D eigenvalue weighted by molar-refractivity contribution is -0.121. The summed E-state index contributed by atoms with van der Waals surface area (Å²) in [6, 6.07) is 19.3. The summed E-state index contributed by atoms with van der Waals surface area (Å²) in [6.45, 7) is 0.811. The lowest BCUT2D eigenvalue weighted by Crippen LogP contribution is -2.34. The van der Waals surface area contributed by atoms with Crippen molar-refractivity contribution in [1.29, 1.82) is 0 Å². The summed E-state index contributed by atoms with van der Waals surface area (Å²) in [5.41, 5.74) is 2.42. The number of amides is 1. The number of benzene rings is 2. The average molecular weight is 544 g/mol. The van der Waals surface area contributed by atoms with Gasteiger partial charge < -0.3 is 15.5 Å². The molecule has 4 rings (SSSR count). The summed E-state index contributed by atoms with van der Waals surface area (Å²) in [7, 11) is 4.04. The Balaban J connectivity index is 1.02. The number of hydrogen-bond acceptors (Lipinski definition) is 5. The van der Waals surface area contributed by atoms with Crippen molar-refractivity contribution in [2.45, 2.75) is 95.9 Å². The summed E-state index contributed by atoms with van der Waals surface area (Å²) < 4.78 is 0. The standard InChI is InChI=1S/C34H49N5O/c1-39(2)33-30-19-14-15-20-31(30)37-34(38-33)36-29-24-22-28(23-25-29)26-35-32(40)21-13-8-6-4-3-5-7-10-16-27-17-11-9-12-18-27/h9,11-12,14-15,17-20,28-29H,3-8,10,13,16,21-26H2,1-2H3,(H,35,40)(H,36,37,38). The van der Waals surface area contributed by atoms with E-state index in [9.17, 15) is 4.79 Å². The fraction of sp³-hybridized carbons (Fsp3) is 0.559. The summed E-state index contributed by atoms with van der Waals surface area (Å²) in [4.78, 5) is 24.0. The molecule has 0 saturated heterocycles. The van der Waals surface area contributed by atoms with Crippen LogP contribution in [0.3, 0.4) is 0 Å². The summed E-state index contributed by atoms with van der Waals surface area (Å²) in [5, 5.41) is 7.86. The number of carbonyl (C=O) groups excluding carboxylic acids is 1. The second-order valence-corrected chi connectivity index (χ2v) is 11.8. The molecule has 3 aromatic rings. The number of rotatable bonds is 16. The van der Waals surface area contributed by atoms with E-state index in [2.05, 4.69) is 47.0 Å². The van der Waals surface area contributed by atoms with E-state index in [-0.39, 0.29) is 5.91 Å². The fourth-order valence-corrected chi connectivity index (χ4v) is 5.83. The molecular weight excluding hydrogens is 494 g/mol. The van der Waals surface area contributed by atoms with Gasteiger partial charge in [0.15, 0.2) is 0 Å². The van der Waals surface area contributed by atoms with E-state index >= 15 is 0 Å². The van der Waals surface area contributed by atoms with Crippen LogP contribution >= 0.6 is 0 Å². The first-order valence-corrected chi connectivity index (χ1v) is 15.6. The van der Waals surface area contributed by atoms with Crippen molar-refractivity contribution in [3.8, 4) is 0 Å². The first-order valence-electron chi connectivity index (χ1n) is 15.6. The monoisotopic (exact) mass is 543 g/mol. The molecule has 6 nitrogen and oxygen atoms in total. The summed E-state index contributed by atoms with van der Waals surface area (Å²) in [6.07, 6.45) is 16.3. The zero-order valence-corrected chi connectivity index (χ0v) is 24.7. The topological polar surface area (TPSA) is 70.2 Å². The van der Waals surface area contributed by atoms with E-state index in [0.717, 1.165) is 55.4 Å². The van der Waals surface area contributed by atoms with Crippen LogP contribution in [0.15, 0.2) is 54.6 Å². The lowest BCUT2D eigenvalue weighted by Gasteiger charge is -2.29. The Bertz CT molecular complexity index is 1160. The van der Waals surface area contributed by atoms with Gasteiger partial charge in [0.2, 0.25) is 11.9 Å². The van der Waals surface area contributed by atoms with Gasteiger partial charge in [-0.05, 0) is 68.6 Å². The molecule has 2 aromatic carbocycles. The van der Waals surface area contributed by atoms with Crippen molar-refractivity contribution in [1.82, 2.24) is 15.3 Å². The van der Waals surface area contributed by atoms with Gasteiger partial charge in [0, 0.05) is 38.5 Å². The third-order valence-electron chi connectivity index (χ3n) is 8.24. The molecule has 0 unspecified atom stereocenters. The van der Waals surface area contributed by atoms with E-state index in [1.54, 1.807) is 0 Å². The Morgan fingerprint density at radius 3 is 2.17 bits per heavy atom. The molecule has 1 fully saturated rings. The highest BCUT2D eigenvalue weighted by atomic mass is 16.1. The van der Waals surface area contributed by atoms with Gasteiger partial charge >= 0.3 is 0 Å². The maximum Gasteiger partial charge on any atom is 0.225 e. The van der Waals surface area contributed by atoms with Gasteiger partial charge in [0.1, 0.15) is 5.82 Å². The summed E-state index contributed by atoms with van der Waals surface area (Å²) >= 11 is 0. The Labute approximate surface area is 241 Å². The van der Waals surface area contributed by atoms with Crippen LogP contribution in [0.25, 0.3) is 10.9 Å². The Kier molecular flexibility index (Phi) is 12.1. The van der Waals surface area contributed by atoms with Crippen LogP contribution in [0.1, 0.15) is 89.0 Å². The van der Waals surface area contributed by atoms with Gasteiger partial charge in [-0.1, -0.05) is 81.0 Å². The molecule has 1 aliphatic rings. The molecule has 0 atom stereocenters. The largest absolute Gasteiger partial charge is 0.362 e. The van der Waals surface area contributed by atoms with Gasteiger partial charge in [-0.3, -0.25) is 4.79 Å². The number of carbonyl (C=O) groups is 1. The fourth-order valence-electron chi connectivity index (χ4n) is 5.83. The number of aryl methyl sites for hydroxylation is 1. The number of unbranched alkanes of at least 4 members (excludes halogenated alkanes) is 7. The molecule has 0 bridgehead atoms. The molecule has 0 spiro atoms. The minimum Gasteiger partial charge on any atom is -0.362 e. The number of hydrogen-bond donors (Lipinski definition) is 2. The van der Waals surface area contributed by atoms with E-state index in [0.29, 0.717) is 24.3 Å². The van der Waals surface area contributed by atoms with Crippen LogP contribution in [0.4, 0.5) is 11.8 Å². The van der Waals surface area contributed by atoms with Crippen molar-refractivity contribution < 1.29 is 4.79 Å². The first-order chi connectivity index (χ1) is 19.6. The van der Waals surface area contributed by atoms with Crippen molar-refractivity contribution in [3.63, 3.8) is 0 Å². The average Bonchev–Trinajstić information content (AvgIpc) is 2.98. The van der Waals surface area contributed by atoms with Crippen molar-refractivity contribution in [3.05, 3.63) is 60.2 Å². The van der Waals surface area contributed by atoms with Gasteiger partial charge in [0.25, 0.3) is 0 Å². The van der Waals surface area contributed by atoms with E-state index in [1.165, 1.54) is 56.9 Å². The smallest absolute Gasteiger partial charge is 0.225 e. The minimum absolute atomic E-state index is 0.224. The van der Waals surface area contributed by atoms with Crippen molar-refractivity contribution in [2.24, 2.45) is 5.92 Å². The quantitative estimate of drug-likeness (QED) is 0.183. The number of nitrogens with zero attached hydrogens (tertiary/aromatic N) is 3. The normalized spacial score (nSPS) is 17.1. The number of anilines is 2. The number of fused-ring (bicyclic) bond motifs is 1. The maximum absolute atomic E-state index is 12.4. The van der Waals surface area contributed by atoms with E-state index < -0.39 is 0 Å². The minimum atomic E-state index is 0.224. The Morgan fingerprint density at radius 1 is 0.800 bits per heavy atom. The number of aromatic nitrogens is 2. The molecule has 1 aromatic heterocycles. The highest BCUT2D eigenvalue weighted by molar-refractivity contribution is 5.90. The number of para-hydroxylation sites is 1. The molecule has 40 heavy (non-hydrogen) atoms. The first kappa shape index (κ1) is 29.8. The van der Waals surface area contributed by atoms with E-state index in [1.807, 2.05) is 37.2 Å². The van der Waals surface area contributed by atoms with Gasteiger partial charge in [-0.2, -0.15) is 4.98 Å². The van der Waals surface area contributed by atoms with Crippen LogP contribution < -0.4 is 15.5 Å². The molecular formula is C34H49N5O. The molecule has 6 heteroatoms. The third-order valence-corrected chi connectivity index (χ3v) is 8.24. The second kappa shape index (κ2) is 16.2. The Hall–Kier alpha value is -3.15. The molecule has 1 aliphatic carbocycles. The van der Waals surface area contributed by atoms with Crippen LogP contribution in [-0.4, -0.2) is 42.6 Å². The SMILES string of the molecule is CN(C)c1nc(NC2CCC(CNC(=O)CCCCCCCCCCc3ccccc3)CC2)nc2ccccc12. The molecule has 1 heterocycles. The van der Waals surface area contributed by atoms with Crippen molar-refractivity contribution >= 4 is 28.6 Å². The molecule has 0 radical (unpaired) electrons.